The van der Waals surface area contributed by atoms with E-state index in [9.17, 15) is 4.79 Å². The van der Waals surface area contributed by atoms with Crippen molar-refractivity contribution < 1.29 is 9.90 Å². The van der Waals surface area contributed by atoms with Gasteiger partial charge in [-0.05, 0) is 39.8 Å². The molecule has 0 bridgehead atoms. The fourth-order valence-electron chi connectivity index (χ4n) is 1.50. The lowest BCUT2D eigenvalue weighted by atomic mass is 10.0. The van der Waals surface area contributed by atoms with E-state index in [1.54, 1.807) is 6.07 Å². The Kier molecular flexibility index (Phi) is 4.52. The lowest BCUT2D eigenvalue weighted by Gasteiger charge is -2.21. The van der Waals surface area contributed by atoms with Gasteiger partial charge in [-0.25, -0.2) is 0 Å². The van der Waals surface area contributed by atoms with Crippen molar-refractivity contribution in [3.63, 3.8) is 0 Å². The second-order valence-corrected chi connectivity index (χ2v) is 5.21. The molecule has 2 N–H and O–H groups in total. The van der Waals surface area contributed by atoms with Crippen LogP contribution >= 0.6 is 0 Å². The molecule has 1 aromatic carbocycles. The molecule has 1 rings (SSSR count). The Hall–Kier alpha value is -1.79. The van der Waals surface area contributed by atoms with Crippen LogP contribution in [0.25, 0.3) is 0 Å². The number of carbonyl (C=O) groups excluding carboxylic acids is 1. The number of amides is 1. The maximum Gasteiger partial charge on any atom is 0.252 e. The van der Waals surface area contributed by atoms with Gasteiger partial charge >= 0.3 is 0 Å². The number of carbonyl (C=O) groups is 1. The third-order valence-corrected chi connectivity index (χ3v) is 2.21. The molecule has 0 heterocycles. The van der Waals surface area contributed by atoms with Crippen LogP contribution in [0.2, 0.25) is 0 Å². The molecule has 0 aliphatic rings. The molecule has 0 radical (unpaired) electrons. The van der Waals surface area contributed by atoms with Crippen molar-refractivity contribution in [3.8, 4) is 11.8 Å². The van der Waals surface area contributed by atoms with Crippen molar-refractivity contribution in [1.29, 1.82) is 0 Å². The lowest BCUT2D eigenvalue weighted by Crippen LogP contribution is -2.40. The van der Waals surface area contributed by atoms with Crippen LogP contribution in [0.3, 0.4) is 0 Å². The van der Waals surface area contributed by atoms with E-state index in [2.05, 4.69) is 17.2 Å². The maximum absolute atomic E-state index is 12.2. The fraction of sp³-hybridized carbons (Fsp3) is 0.400. The Bertz CT molecular complexity index is 501. The molecule has 18 heavy (non-hydrogen) atoms. The summed E-state index contributed by atoms with van der Waals surface area (Å²) in [6.45, 7) is 7.50. The largest absolute Gasteiger partial charge is 0.384 e. The number of rotatable bonds is 1. The van der Waals surface area contributed by atoms with E-state index in [1.165, 1.54) is 0 Å². The fourth-order valence-corrected chi connectivity index (χ4v) is 1.50. The number of hydrogen-bond acceptors (Lipinski definition) is 2. The summed E-state index contributed by atoms with van der Waals surface area (Å²) in [4.78, 5) is 12.2. The number of nitrogens with one attached hydrogen (secondary N) is 1. The molecule has 1 amide bonds. The highest BCUT2D eigenvalue weighted by Gasteiger charge is 2.17. The van der Waals surface area contributed by atoms with Gasteiger partial charge in [-0.3, -0.25) is 4.79 Å². The summed E-state index contributed by atoms with van der Waals surface area (Å²) in [5, 5.41) is 11.6. The molecule has 3 nitrogen and oxygen atoms in total. The lowest BCUT2D eigenvalue weighted by molar-refractivity contribution is 0.0919. The van der Waals surface area contributed by atoms with Crippen LogP contribution in [0.15, 0.2) is 18.2 Å². The normalized spacial score (nSPS) is 10.5. The predicted molar refractivity (Wildman–Crippen MR) is 72.4 cm³/mol. The molecule has 0 atom stereocenters. The van der Waals surface area contributed by atoms with E-state index in [0.29, 0.717) is 11.1 Å². The molecule has 3 heteroatoms. The Morgan fingerprint density at radius 1 is 1.39 bits per heavy atom. The van der Waals surface area contributed by atoms with E-state index in [1.807, 2.05) is 39.8 Å². The van der Waals surface area contributed by atoms with Crippen molar-refractivity contribution in [3.05, 3.63) is 34.9 Å². The predicted octanol–water partition coefficient (Wildman–Crippen LogP) is 1.87. The van der Waals surface area contributed by atoms with Crippen LogP contribution in [0.1, 0.15) is 42.3 Å². The van der Waals surface area contributed by atoms with Gasteiger partial charge in [0, 0.05) is 11.1 Å². The van der Waals surface area contributed by atoms with Gasteiger partial charge in [0.05, 0.1) is 5.56 Å². The first-order chi connectivity index (χ1) is 8.33. The Morgan fingerprint density at radius 2 is 2.06 bits per heavy atom. The first-order valence-electron chi connectivity index (χ1n) is 5.86. The SMILES string of the molecule is Cc1ccc(C#CCO)c(C(=O)NC(C)(C)C)c1. The van der Waals surface area contributed by atoms with E-state index in [4.69, 9.17) is 5.11 Å². The molecule has 0 saturated heterocycles. The van der Waals surface area contributed by atoms with Crippen molar-refractivity contribution >= 4 is 5.91 Å². The summed E-state index contributed by atoms with van der Waals surface area (Å²) in [6, 6.07) is 5.51. The second kappa shape index (κ2) is 5.70. The van der Waals surface area contributed by atoms with Crippen LogP contribution in [-0.4, -0.2) is 23.2 Å². The molecule has 96 valence electrons. The first-order valence-corrected chi connectivity index (χ1v) is 5.86. The first kappa shape index (κ1) is 14.3. The van der Waals surface area contributed by atoms with Crippen molar-refractivity contribution in [2.24, 2.45) is 0 Å². The summed E-state index contributed by atoms with van der Waals surface area (Å²) >= 11 is 0. The summed E-state index contributed by atoms with van der Waals surface area (Å²) in [7, 11) is 0. The quantitative estimate of drug-likeness (QED) is 0.742. The van der Waals surface area contributed by atoms with Gasteiger partial charge in [-0.2, -0.15) is 0 Å². The zero-order valence-electron chi connectivity index (χ0n) is 11.3. The molecule has 0 aromatic heterocycles. The highest BCUT2D eigenvalue weighted by molar-refractivity contribution is 5.97. The highest BCUT2D eigenvalue weighted by Crippen LogP contribution is 2.12. The summed E-state index contributed by atoms with van der Waals surface area (Å²) in [6.07, 6.45) is 0. The van der Waals surface area contributed by atoms with E-state index in [-0.39, 0.29) is 18.1 Å². The van der Waals surface area contributed by atoms with Gasteiger partial charge < -0.3 is 10.4 Å². The Morgan fingerprint density at radius 3 is 2.61 bits per heavy atom. The van der Waals surface area contributed by atoms with Gasteiger partial charge in [0.1, 0.15) is 6.61 Å². The zero-order valence-corrected chi connectivity index (χ0v) is 11.3. The number of hydrogen-bond donors (Lipinski definition) is 2. The molecule has 0 saturated carbocycles. The molecule has 0 unspecified atom stereocenters. The smallest absolute Gasteiger partial charge is 0.252 e. The second-order valence-electron chi connectivity index (χ2n) is 5.21. The Balaban J connectivity index is 3.13. The molecular weight excluding hydrogens is 226 g/mol. The molecule has 1 aromatic rings. The average Bonchev–Trinajstić information content (AvgIpc) is 2.25. The maximum atomic E-state index is 12.2. The summed E-state index contributed by atoms with van der Waals surface area (Å²) < 4.78 is 0. The van der Waals surface area contributed by atoms with Crippen molar-refractivity contribution in [1.82, 2.24) is 5.32 Å². The Labute approximate surface area is 108 Å². The molecular formula is C15H19NO2. The van der Waals surface area contributed by atoms with Crippen LogP contribution < -0.4 is 5.32 Å². The van der Waals surface area contributed by atoms with Crippen LogP contribution in [-0.2, 0) is 0 Å². The number of aryl methyl sites for hydroxylation is 1. The van der Waals surface area contributed by atoms with E-state index >= 15 is 0 Å². The monoisotopic (exact) mass is 245 g/mol. The molecule has 0 aliphatic carbocycles. The van der Waals surface area contributed by atoms with Gasteiger partial charge in [0.25, 0.3) is 5.91 Å². The van der Waals surface area contributed by atoms with Gasteiger partial charge in [-0.15, -0.1) is 0 Å². The van der Waals surface area contributed by atoms with Gasteiger partial charge in [0.2, 0.25) is 0 Å². The van der Waals surface area contributed by atoms with Crippen molar-refractivity contribution in [2.45, 2.75) is 33.2 Å². The minimum absolute atomic E-state index is 0.145. The third kappa shape index (κ3) is 4.23. The molecule has 0 aliphatic heterocycles. The van der Waals surface area contributed by atoms with Gasteiger partial charge in [-0.1, -0.05) is 23.5 Å². The highest BCUT2D eigenvalue weighted by atomic mass is 16.2. The standard InChI is InChI=1S/C15H19NO2/c1-11-7-8-12(6-5-9-17)13(10-11)14(18)16-15(2,3)4/h7-8,10,17H,9H2,1-4H3,(H,16,18). The summed E-state index contributed by atoms with van der Waals surface area (Å²) in [5.41, 5.74) is 1.90. The molecule has 0 spiro atoms. The average molecular weight is 245 g/mol. The van der Waals surface area contributed by atoms with Gasteiger partial charge in [0.15, 0.2) is 0 Å². The van der Waals surface area contributed by atoms with Crippen molar-refractivity contribution in [2.75, 3.05) is 6.61 Å². The van der Waals surface area contributed by atoms with Crippen LogP contribution in [0, 0.1) is 18.8 Å². The number of aliphatic hydroxyl groups excluding tert-OH is 1. The minimum Gasteiger partial charge on any atom is -0.384 e. The number of aliphatic hydroxyl groups is 1. The third-order valence-electron chi connectivity index (χ3n) is 2.21. The topological polar surface area (TPSA) is 49.3 Å². The van der Waals surface area contributed by atoms with Crippen LogP contribution in [0.4, 0.5) is 0 Å². The minimum atomic E-state index is -0.289. The molecule has 0 fully saturated rings. The van der Waals surface area contributed by atoms with Crippen LogP contribution in [0.5, 0.6) is 0 Å². The summed E-state index contributed by atoms with van der Waals surface area (Å²) in [5.74, 6) is 5.22. The van der Waals surface area contributed by atoms with E-state index < -0.39 is 0 Å². The zero-order chi connectivity index (χ0) is 13.8. The number of benzene rings is 1. The van der Waals surface area contributed by atoms with E-state index in [0.717, 1.165) is 5.56 Å².